The average Bonchev–Trinajstić information content (AvgIpc) is 2.68. The number of carbonyl (C=O) groups excluding carboxylic acids is 3. The zero-order chi connectivity index (χ0) is 20.5. The summed E-state index contributed by atoms with van der Waals surface area (Å²) in [6.45, 7) is 1.51. The molecular weight excluding hydrogens is 364 g/mol. The summed E-state index contributed by atoms with van der Waals surface area (Å²) in [6, 6.07) is 14.0. The molecule has 0 bridgehead atoms. The van der Waals surface area contributed by atoms with Crippen LogP contribution in [-0.4, -0.2) is 28.7 Å². The summed E-state index contributed by atoms with van der Waals surface area (Å²) in [6.07, 6.45) is -0.569. The summed E-state index contributed by atoms with van der Waals surface area (Å²) in [5, 5.41) is 13.2. The van der Waals surface area contributed by atoms with Crippen molar-refractivity contribution in [3.63, 3.8) is 0 Å². The van der Waals surface area contributed by atoms with Gasteiger partial charge in [-0.3, -0.25) is 24.5 Å². The lowest BCUT2D eigenvalue weighted by molar-refractivity contribution is -0.384. The maximum absolute atomic E-state index is 12.1. The number of hydrogen-bond donors (Lipinski definition) is 1. The monoisotopic (exact) mass is 384 g/mol. The van der Waals surface area contributed by atoms with Gasteiger partial charge in [0.1, 0.15) is 0 Å². The molecule has 8 nitrogen and oxygen atoms in total. The molecule has 28 heavy (non-hydrogen) atoms. The number of benzene rings is 2. The van der Waals surface area contributed by atoms with Crippen LogP contribution in [0.4, 0.5) is 11.4 Å². The van der Waals surface area contributed by atoms with Crippen molar-refractivity contribution in [2.45, 2.75) is 32.3 Å². The normalized spacial score (nSPS) is 11.3. The van der Waals surface area contributed by atoms with E-state index in [0.29, 0.717) is 11.3 Å². The third kappa shape index (κ3) is 6.31. The molecule has 1 N–H and O–H groups in total. The molecule has 146 valence electrons. The van der Waals surface area contributed by atoms with Gasteiger partial charge in [0.05, 0.1) is 4.92 Å². The first kappa shape index (κ1) is 20.8. The van der Waals surface area contributed by atoms with Crippen LogP contribution in [0, 0.1) is 10.1 Å². The third-order valence-electron chi connectivity index (χ3n) is 3.88. The van der Waals surface area contributed by atoms with Crippen LogP contribution in [0.3, 0.4) is 0 Å². The van der Waals surface area contributed by atoms with Crippen molar-refractivity contribution >= 4 is 29.0 Å². The Labute approximate surface area is 161 Å². The van der Waals surface area contributed by atoms with Crippen LogP contribution in [-0.2, 0) is 14.3 Å². The van der Waals surface area contributed by atoms with Crippen molar-refractivity contribution in [1.29, 1.82) is 0 Å². The van der Waals surface area contributed by atoms with Gasteiger partial charge in [-0.2, -0.15) is 0 Å². The van der Waals surface area contributed by atoms with Crippen molar-refractivity contribution in [2.24, 2.45) is 0 Å². The second-order valence-electron chi connectivity index (χ2n) is 6.07. The van der Waals surface area contributed by atoms with Crippen molar-refractivity contribution < 1.29 is 24.0 Å². The lowest BCUT2D eigenvalue weighted by atomic mass is 10.1. The van der Waals surface area contributed by atoms with Crippen molar-refractivity contribution in [3.8, 4) is 0 Å². The molecule has 0 aliphatic heterocycles. The maximum Gasteiger partial charge on any atom is 0.306 e. The Balaban J connectivity index is 1.71. The minimum absolute atomic E-state index is 0.0000904. The number of nitro benzene ring substituents is 1. The molecule has 0 aromatic heterocycles. The van der Waals surface area contributed by atoms with Crippen LogP contribution >= 0.6 is 0 Å². The van der Waals surface area contributed by atoms with Crippen LogP contribution in [0.5, 0.6) is 0 Å². The fourth-order valence-corrected chi connectivity index (χ4v) is 2.43. The van der Waals surface area contributed by atoms with E-state index < -0.39 is 17.0 Å². The molecule has 2 aromatic carbocycles. The van der Waals surface area contributed by atoms with Crippen LogP contribution in [0.15, 0.2) is 54.6 Å². The highest BCUT2D eigenvalue weighted by atomic mass is 16.6. The summed E-state index contributed by atoms with van der Waals surface area (Å²) < 4.78 is 5.12. The van der Waals surface area contributed by atoms with E-state index >= 15 is 0 Å². The van der Waals surface area contributed by atoms with Gasteiger partial charge in [0.25, 0.3) is 5.69 Å². The number of ketones is 1. The fraction of sp³-hybridized carbons (Fsp3) is 0.250. The minimum Gasteiger partial charge on any atom is -0.454 e. The molecule has 0 fully saturated rings. The first-order valence-corrected chi connectivity index (χ1v) is 8.70. The molecule has 0 heterocycles. The fourth-order valence-electron chi connectivity index (χ4n) is 2.43. The van der Waals surface area contributed by atoms with E-state index in [0.717, 1.165) is 0 Å². The minimum atomic E-state index is -0.899. The Kier molecular flexibility index (Phi) is 7.38. The summed E-state index contributed by atoms with van der Waals surface area (Å²) >= 11 is 0. The largest absolute Gasteiger partial charge is 0.454 e. The number of ether oxygens (including phenoxy) is 1. The zero-order valence-electron chi connectivity index (χ0n) is 15.3. The van der Waals surface area contributed by atoms with E-state index in [1.54, 1.807) is 30.3 Å². The first-order valence-electron chi connectivity index (χ1n) is 8.70. The van der Waals surface area contributed by atoms with Gasteiger partial charge < -0.3 is 10.1 Å². The third-order valence-corrected chi connectivity index (χ3v) is 3.88. The van der Waals surface area contributed by atoms with Gasteiger partial charge in [-0.1, -0.05) is 30.3 Å². The zero-order valence-corrected chi connectivity index (χ0v) is 15.3. The topological polar surface area (TPSA) is 116 Å². The summed E-state index contributed by atoms with van der Waals surface area (Å²) in [5.74, 6) is -1.17. The van der Waals surface area contributed by atoms with Crippen molar-refractivity contribution in [2.75, 3.05) is 5.32 Å². The Morgan fingerprint density at radius 1 is 1.04 bits per heavy atom. The van der Waals surface area contributed by atoms with Gasteiger partial charge in [-0.15, -0.1) is 0 Å². The van der Waals surface area contributed by atoms with E-state index in [1.165, 1.54) is 31.2 Å². The molecule has 0 aliphatic rings. The number of anilines is 1. The molecule has 2 aromatic rings. The van der Waals surface area contributed by atoms with Gasteiger partial charge in [-0.05, 0) is 25.5 Å². The number of non-ortho nitro benzene ring substituents is 1. The Morgan fingerprint density at radius 2 is 1.68 bits per heavy atom. The summed E-state index contributed by atoms with van der Waals surface area (Å²) in [4.78, 5) is 46.0. The number of nitrogens with zero attached hydrogens (tertiary/aromatic N) is 1. The van der Waals surface area contributed by atoms with Crippen LogP contribution in [0.25, 0.3) is 0 Å². The van der Waals surface area contributed by atoms with Gasteiger partial charge in [0.2, 0.25) is 11.7 Å². The molecule has 1 atom stereocenters. The number of amides is 1. The lowest BCUT2D eigenvalue weighted by Crippen LogP contribution is -2.24. The molecule has 0 saturated heterocycles. The van der Waals surface area contributed by atoms with Crippen LogP contribution in [0.2, 0.25) is 0 Å². The summed E-state index contributed by atoms with van der Waals surface area (Å²) in [7, 11) is 0. The molecule has 1 unspecified atom stereocenters. The number of carbonyl (C=O) groups is 3. The van der Waals surface area contributed by atoms with E-state index in [9.17, 15) is 24.5 Å². The predicted octanol–water partition coefficient (Wildman–Crippen LogP) is 3.52. The molecule has 0 saturated carbocycles. The second-order valence-corrected chi connectivity index (χ2v) is 6.07. The number of rotatable bonds is 9. The van der Waals surface area contributed by atoms with E-state index in [2.05, 4.69) is 5.32 Å². The quantitative estimate of drug-likeness (QED) is 0.306. The van der Waals surface area contributed by atoms with Crippen molar-refractivity contribution in [3.05, 3.63) is 70.3 Å². The Morgan fingerprint density at radius 3 is 2.29 bits per heavy atom. The van der Waals surface area contributed by atoms with Gasteiger partial charge >= 0.3 is 5.97 Å². The molecule has 1 amide bonds. The molecule has 0 radical (unpaired) electrons. The molecule has 2 rings (SSSR count). The van der Waals surface area contributed by atoms with Crippen molar-refractivity contribution in [1.82, 2.24) is 0 Å². The Bertz CT molecular complexity index is 849. The lowest BCUT2D eigenvalue weighted by Gasteiger charge is -2.12. The number of hydrogen-bond acceptors (Lipinski definition) is 6. The number of esters is 1. The highest BCUT2D eigenvalue weighted by Crippen LogP contribution is 2.16. The molecule has 8 heteroatoms. The maximum atomic E-state index is 12.1. The van der Waals surface area contributed by atoms with E-state index in [1.807, 2.05) is 0 Å². The number of nitro groups is 1. The second kappa shape index (κ2) is 9.96. The van der Waals surface area contributed by atoms with E-state index in [4.69, 9.17) is 4.74 Å². The molecular formula is C20H20N2O6. The highest BCUT2D eigenvalue weighted by molar-refractivity contribution is 6.00. The number of Topliss-reactive ketones (excluding diaryl/α,β-unsaturated/α-hetero) is 1. The van der Waals surface area contributed by atoms with Gasteiger partial charge in [-0.25, -0.2) is 0 Å². The standard InChI is InChI=1S/C20H20N2O6/c1-14(20(25)15-6-3-2-4-7-15)28-19(24)9-5-8-18(23)21-16-10-12-17(13-11-16)22(26)27/h2-4,6-7,10-14H,5,8-9H2,1H3,(H,21,23). The number of nitrogens with one attached hydrogen (secondary N) is 1. The molecule has 0 aliphatic carbocycles. The first-order chi connectivity index (χ1) is 13.4. The van der Waals surface area contributed by atoms with Crippen LogP contribution in [0.1, 0.15) is 36.5 Å². The predicted molar refractivity (Wildman–Crippen MR) is 102 cm³/mol. The van der Waals surface area contributed by atoms with Gasteiger partial charge in [0, 0.05) is 36.2 Å². The Hall–Kier alpha value is -3.55. The average molecular weight is 384 g/mol. The van der Waals surface area contributed by atoms with E-state index in [-0.39, 0.29) is 36.6 Å². The summed E-state index contributed by atoms with van der Waals surface area (Å²) in [5.41, 5.74) is 0.824. The van der Waals surface area contributed by atoms with Crippen LogP contribution < -0.4 is 5.32 Å². The highest BCUT2D eigenvalue weighted by Gasteiger charge is 2.19. The SMILES string of the molecule is CC(OC(=O)CCCC(=O)Nc1ccc([N+](=O)[O-])cc1)C(=O)c1ccccc1. The smallest absolute Gasteiger partial charge is 0.306 e. The van der Waals surface area contributed by atoms with Gasteiger partial charge in [0.15, 0.2) is 6.10 Å². The molecule has 0 spiro atoms.